The number of hydrogen-bond donors (Lipinski definition) is 1. The van der Waals surface area contributed by atoms with Crippen LogP contribution in [0.2, 0.25) is 0 Å². The van der Waals surface area contributed by atoms with Crippen LogP contribution in [0.1, 0.15) is 44.6 Å². The molecule has 0 atom stereocenters. The Bertz CT molecular complexity index is 584. The number of nitrogens with zero attached hydrogens (tertiary/aromatic N) is 2. The molecule has 2 rings (SSSR count). The Morgan fingerprint density at radius 3 is 2.46 bits per heavy atom. The molecule has 0 radical (unpaired) electrons. The second kappa shape index (κ2) is 9.98. The summed E-state index contributed by atoms with van der Waals surface area (Å²) in [4.78, 5) is 14.3. The summed E-state index contributed by atoms with van der Waals surface area (Å²) in [6, 6.07) is 7.89. The first-order chi connectivity index (χ1) is 11.7. The Morgan fingerprint density at radius 2 is 1.79 bits per heavy atom. The molecule has 1 N–H and O–H groups in total. The van der Waals surface area contributed by atoms with E-state index in [0.29, 0.717) is 19.5 Å². The Kier molecular flexibility index (Phi) is 7.62. The van der Waals surface area contributed by atoms with Crippen LogP contribution < -0.4 is 5.32 Å². The van der Waals surface area contributed by atoms with E-state index in [1.807, 2.05) is 41.2 Å². The van der Waals surface area contributed by atoms with Crippen LogP contribution in [-0.2, 0) is 24.4 Å². The van der Waals surface area contributed by atoms with E-state index in [4.69, 9.17) is 4.42 Å². The van der Waals surface area contributed by atoms with E-state index >= 15 is 0 Å². The Balaban J connectivity index is 1.73. The molecule has 132 valence electrons. The van der Waals surface area contributed by atoms with Crippen molar-refractivity contribution in [2.45, 2.75) is 52.7 Å². The van der Waals surface area contributed by atoms with Crippen molar-refractivity contribution in [3.8, 4) is 0 Å². The molecule has 24 heavy (non-hydrogen) atoms. The summed E-state index contributed by atoms with van der Waals surface area (Å²) < 4.78 is 7.85. The highest BCUT2D eigenvalue weighted by atomic mass is 16.3. The van der Waals surface area contributed by atoms with Gasteiger partial charge in [-0.15, -0.1) is 0 Å². The molecule has 5 heteroatoms. The normalized spacial score (nSPS) is 11.1. The third kappa shape index (κ3) is 6.24. The molecule has 2 aromatic rings. The van der Waals surface area contributed by atoms with E-state index in [9.17, 15) is 4.79 Å². The minimum absolute atomic E-state index is 0.0419. The van der Waals surface area contributed by atoms with Crippen LogP contribution in [0.4, 0.5) is 0 Å². The molecule has 1 amide bonds. The minimum Gasteiger partial charge on any atom is -0.463 e. The second-order valence-corrected chi connectivity index (χ2v) is 6.09. The van der Waals surface area contributed by atoms with Gasteiger partial charge in [-0.2, -0.15) is 0 Å². The SMILES string of the molecule is CCCN(CCC)Cc1ccc(CNC(=O)CCn2cccc2)o1. The van der Waals surface area contributed by atoms with Gasteiger partial charge in [0.1, 0.15) is 11.5 Å². The minimum atomic E-state index is 0.0419. The molecule has 0 saturated heterocycles. The number of carbonyl (C=O) groups is 1. The molecule has 0 aliphatic rings. The van der Waals surface area contributed by atoms with Crippen LogP contribution in [0.5, 0.6) is 0 Å². The molecule has 0 fully saturated rings. The highest BCUT2D eigenvalue weighted by Gasteiger charge is 2.09. The zero-order chi connectivity index (χ0) is 17.2. The van der Waals surface area contributed by atoms with Crippen molar-refractivity contribution in [3.63, 3.8) is 0 Å². The lowest BCUT2D eigenvalue weighted by atomic mass is 10.3. The number of hydrogen-bond acceptors (Lipinski definition) is 3. The van der Waals surface area contributed by atoms with Crippen molar-refractivity contribution >= 4 is 5.91 Å². The first kappa shape index (κ1) is 18.3. The van der Waals surface area contributed by atoms with Gasteiger partial charge >= 0.3 is 0 Å². The number of amides is 1. The highest BCUT2D eigenvalue weighted by Crippen LogP contribution is 2.11. The summed E-state index contributed by atoms with van der Waals surface area (Å²) >= 11 is 0. The van der Waals surface area contributed by atoms with Crippen LogP contribution in [0.3, 0.4) is 0 Å². The summed E-state index contributed by atoms with van der Waals surface area (Å²) in [7, 11) is 0. The number of carbonyl (C=O) groups excluding carboxylic acids is 1. The van der Waals surface area contributed by atoms with Gasteiger partial charge in [-0.1, -0.05) is 13.8 Å². The van der Waals surface area contributed by atoms with Gasteiger partial charge in [-0.3, -0.25) is 9.69 Å². The van der Waals surface area contributed by atoms with Gasteiger partial charge in [-0.05, 0) is 50.2 Å². The quantitative estimate of drug-likeness (QED) is 0.686. The zero-order valence-corrected chi connectivity index (χ0v) is 14.8. The predicted molar refractivity (Wildman–Crippen MR) is 95.5 cm³/mol. The molecular weight excluding hydrogens is 302 g/mol. The van der Waals surface area contributed by atoms with Crippen LogP contribution in [0, 0.1) is 0 Å². The van der Waals surface area contributed by atoms with E-state index in [0.717, 1.165) is 44.0 Å². The second-order valence-electron chi connectivity index (χ2n) is 6.09. The molecule has 2 heterocycles. The Hall–Kier alpha value is -2.01. The summed E-state index contributed by atoms with van der Waals surface area (Å²) in [6.07, 6.45) is 6.69. The van der Waals surface area contributed by atoms with Crippen molar-refractivity contribution in [2.24, 2.45) is 0 Å². The summed E-state index contributed by atoms with van der Waals surface area (Å²) in [6.45, 7) is 8.54. The van der Waals surface area contributed by atoms with Crippen molar-refractivity contribution < 1.29 is 9.21 Å². The smallest absolute Gasteiger partial charge is 0.222 e. The van der Waals surface area contributed by atoms with Crippen molar-refractivity contribution in [2.75, 3.05) is 13.1 Å². The van der Waals surface area contributed by atoms with E-state index in [1.165, 1.54) is 0 Å². The first-order valence-electron chi connectivity index (χ1n) is 8.88. The maximum atomic E-state index is 11.9. The first-order valence-corrected chi connectivity index (χ1v) is 8.88. The molecule has 5 nitrogen and oxygen atoms in total. The van der Waals surface area contributed by atoms with Crippen LogP contribution >= 0.6 is 0 Å². The number of aromatic nitrogens is 1. The van der Waals surface area contributed by atoms with Crippen LogP contribution in [0.25, 0.3) is 0 Å². The van der Waals surface area contributed by atoms with Gasteiger partial charge in [-0.25, -0.2) is 0 Å². The maximum absolute atomic E-state index is 11.9. The molecule has 0 spiro atoms. The molecule has 0 saturated carbocycles. The van der Waals surface area contributed by atoms with E-state index in [2.05, 4.69) is 24.1 Å². The largest absolute Gasteiger partial charge is 0.463 e. The third-order valence-corrected chi connectivity index (χ3v) is 3.90. The van der Waals surface area contributed by atoms with E-state index in [-0.39, 0.29) is 5.91 Å². The summed E-state index contributed by atoms with van der Waals surface area (Å²) in [5.74, 6) is 1.82. The molecule has 2 aromatic heterocycles. The van der Waals surface area contributed by atoms with Gasteiger partial charge in [0.05, 0.1) is 13.1 Å². The van der Waals surface area contributed by atoms with Gasteiger partial charge in [0, 0.05) is 25.4 Å². The fourth-order valence-corrected chi connectivity index (χ4v) is 2.75. The van der Waals surface area contributed by atoms with Crippen molar-refractivity contribution in [1.29, 1.82) is 0 Å². The summed E-state index contributed by atoms with van der Waals surface area (Å²) in [5.41, 5.74) is 0. The number of furan rings is 1. The van der Waals surface area contributed by atoms with E-state index in [1.54, 1.807) is 0 Å². The molecule has 0 aliphatic carbocycles. The van der Waals surface area contributed by atoms with Crippen molar-refractivity contribution in [3.05, 3.63) is 48.2 Å². The molecule has 0 aliphatic heterocycles. The third-order valence-electron chi connectivity index (χ3n) is 3.90. The number of rotatable bonds is 11. The lowest BCUT2D eigenvalue weighted by Gasteiger charge is -2.19. The molecular formula is C19H29N3O2. The average Bonchev–Trinajstić information content (AvgIpc) is 3.23. The van der Waals surface area contributed by atoms with Gasteiger partial charge in [0.15, 0.2) is 0 Å². The maximum Gasteiger partial charge on any atom is 0.222 e. The lowest BCUT2D eigenvalue weighted by Crippen LogP contribution is -2.24. The van der Waals surface area contributed by atoms with E-state index < -0.39 is 0 Å². The van der Waals surface area contributed by atoms with Gasteiger partial charge < -0.3 is 14.3 Å². The fraction of sp³-hybridized carbons (Fsp3) is 0.526. The average molecular weight is 331 g/mol. The molecule has 0 bridgehead atoms. The fourth-order valence-electron chi connectivity index (χ4n) is 2.75. The van der Waals surface area contributed by atoms with Crippen molar-refractivity contribution in [1.82, 2.24) is 14.8 Å². The standard InChI is InChI=1S/C19H29N3O2/c1-3-10-22(11-4-2)16-18-8-7-17(24-18)15-20-19(23)9-14-21-12-5-6-13-21/h5-8,12-13H,3-4,9-11,14-16H2,1-2H3,(H,20,23). The topological polar surface area (TPSA) is 50.4 Å². The Labute approximate surface area is 144 Å². The molecule has 0 unspecified atom stereocenters. The monoisotopic (exact) mass is 331 g/mol. The Morgan fingerprint density at radius 1 is 1.12 bits per heavy atom. The van der Waals surface area contributed by atoms with Crippen LogP contribution in [0.15, 0.2) is 41.1 Å². The van der Waals surface area contributed by atoms with Gasteiger partial charge in [0.2, 0.25) is 5.91 Å². The number of aryl methyl sites for hydroxylation is 1. The number of nitrogens with one attached hydrogen (secondary N) is 1. The van der Waals surface area contributed by atoms with Gasteiger partial charge in [0.25, 0.3) is 0 Å². The van der Waals surface area contributed by atoms with Crippen LogP contribution in [-0.4, -0.2) is 28.5 Å². The molecule has 0 aromatic carbocycles. The zero-order valence-electron chi connectivity index (χ0n) is 14.8. The highest BCUT2D eigenvalue weighted by molar-refractivity contribution is 5.75. The lowest BCUT2D eigenvalue weighted by molar-refractivity contribution is -0.121. The predicted octanol–water partition coefficient (Wildman–Crippen LogP) is 3.41. The summed E-state index contributed by atoms with van der Waals surface area (Å²) in [5, 5.41) is 2.92.